The topological polar surface area (TPSA) is 0 Å². The second-order valence-electron chi connectivity index (χ2n) is 5.54. The predicted octanol–water partition coefficient (Wildman–Crippen LogP) is 4.39. The first kappa shape index (κ1) is 15.0. The summed E-state index contributed by atoms with van der Waals surface area (Å²) in [7, 11) is -1.55. The van der Waals surface area contributed by atoms with Gasteiger partial charge in [0.1, 0.15) is 23.2 Å². The molecule has 0 heterocycles. The SMILES string of the molecule is CCC[P+]([13c]1ccc[13cH][13cH]1)([13c]1ccc[13cH][13cH]1)[13c]1ccc[13cH][13cH]1. The molecule has 0 N–H and O–H groups in total. The standard InChI is InChI=1S/C21H22P/c1-2-18-22(19-12-6-3-7-13-19,20-14-8-4-9-15-20)21-16-10-5-11-17-21/h3-17H,2,18H2,1H3/q+1/i6+1,8+1,10+1,12+1,14+1,16+1,19+1,20+1,21+1. The first-order valence-corrected chi connectivity index (χ1v) is 9.90. The molecule has 3 rings (SSSR count). The van der Waals surface area contributed by atoms with Gasteiger partial charge in [0.15, 0.2) is 0 Å². The molecule has 0 nitrogen and oxygen atoms in total. The Morgan fingerprint density at radius 1 is 0.545 bits per heavy atom. The molecule has 110 valence electrons. The lowest BCUT2D eigenvalue weighted by Crippen LogP contribution is -2.33. The van der Waals surface area contributed by atoms with Gasteiger partial charge in [0.05, 0.1) is 6.16 Å². The lowest BCUT2D eigenvalue weighted by Gasteiger charge is -2.27. The molecule has 0 unspecified atom stereocenters. The minimum absolute atomic E-state index is 1.19. The number of rotatable bonds is 5. The maximum absolute atomic E-state index is 2.31. The van der Waals surface area contributed by atoms with Crippen LogP contribution in [0.2, 0.25) is 0 Å². The second kappa shape index (κ2) is 6.90. The van der Waals surface area contributed by atoms with E-state index in [1.807, 2.05) is 0 Å². The second-order valence-corrected chi connectivity index (χ2v) is 9.16. The van der Waals surface area contributed by atoms with E-state index < -0.39 is 7.26 Å². The van der Waals surface area contributed by atoms with E-state index in [9.17, 15) is 0 Å². The molecule has 0 bridgehead atoms. The van der Waals surface area contributed by atoms with Crippen LogP contribution >= 0.6 is 7.26 Å². The average molecular weight is 314 g/mol. The van der Waals surface area contributed by atoms with Crippen LogP contribution in [0.3, 0.4) is 0 Å². The lowest BCUT2D eigenvalue weighted by molar-refractivity contribution is 1.10. The van der Waals surface area contributed by atoms with E-state index >= 15 is 0 Å². The normalized spacial score (nSPS) is 11.3. The summed E-state index contributed by atoms with van der Waals surface area (Å²) in [5.41, 5.74) is 0. The molecule has 22 heavy (non-hydrogen) atoms. The molecule has 0 radical (unpaired) electrons. The molecule has 0 aliphatic carbocycles. The van der Waals surface area contributed by atoms with Crippen LogP contribution in [-0.4, -0.2) is 6.16 Å². The van der Waals surface area contributed by atoms with Gasteiger partial charge in [0.25, 0.3) is 0 Å². The number of benzene rings is 3. The third kappa shape index (κ3) is 2.72. The predicted molar refractivity (Wildman–Crippen MR) is 100 cm³/mol. The molecule has 0 spiro atoms. The molecule has 0 aliphatic heterocycles. The van der Waals surface area contributed by atoms with Crippen LogP contribution < -0.4 is 15.9 Å². The van der Waals surface area contributed by atoms with E-state index in [2.05, 4.69) is 97.9 Å². The summed E-state index contributed by atoms with van der Waals surface area (Å²) in [6.45, 7) is 2.30. The highest BCUT2D eigenvalue weighted by atomic mass is 31.2. The molecule has 0 atom stereocenters. The molecule has 3 aromatic carbocycles. The van der Waals surface area contributed by atoms with Gasteiger partial charge in [-0.25, -0.2) is 0 Å². The average Bonchev–Trinajstić information content (AvgIpc) is 2.62. The van der Waals surface area contributed by atoms with Crippen molar-refractivity contribution in [2.75, 3.05) is 6.16 Å². The van der Waals surface area contributed by atoms with Gasteiger partial charge in [-0.3, -0.25) is 0 Å². The van der Waals surface area contributed by atoms with Crippen molar-refractivity contribution in [1.29, 1.82) is 0 Å². The number of hydrogen-bond acceptors (Lipinski definition) is 0. The summed E-state index contributed by atoms with van der Waals surface area (Å²) in [6, 6.07) is 33.2. The lowest BCUT2D eigenvalue weighted by atomic mass is 10.6. The monoisotopic (exact) mass is 314 g/mol. The third-order valence-electron chi connectivity index (χ3n) is 4.15. The highest BCUT2D eigenvalue weighted by Crippen LogP contribution is 2.55. The molecule has 1 heteroatoms. The minimum Gasteiger partial charge on any atom is -0.0620 e. The largest absolute Gasteiger partial charge is 0.112 e. The van der Waals surface area contributed by atoms with Crippen molar-refractivity contribution in [2.45, 2.75) is 13.3 Å². The van der Waals surface area contributed by atoms with Crippen LogP contribution in [0.25, 0.3) is 0 Å². The Morgan fingerprint density at radius 2 is 0.864 bits per heavy atom. The van der Waals surface area contributed by atoms with Crippen LogP contribution in [0, 0.1) is 0 Å². The van der Waals surface area contributed by atoms with Crippen molar-refractivity contribution in [3.8, 4) is 0 Å². The summed E-state index contributed by atoms with van der Waals surface area (Å²) in [5.74, 6) is 0. The van der Waals surface area contributed by atoms with E-state index in [0.29, 0.717) is 0 Å². The van der Waals surface area contributed by atoms with Gasteiger partial charge in [0.2, 0.25) is 0 Å². The van der Waals surface area contributed by atoms with Crippen LogP contribution in [0.5, 0.6) is 0 Å². The van der Waals surface area contributed by atoms with Crippen LogP contribution in [0.1, 0.15) is 13.3 Å². The fraction of sp³-hybridized carbons (Fsp3) is 0.143. The summed E-state index contributed by atoms with van der Waals surface area (Å²) in [5, 5.41) is 4.44. The van der Waals surface area contributed by atoms with Crippen LogP contribution in [0.4, 0.5) is 0 Å². The van der Waals surface area contributed by atoms with E-state index in [0.717, 1.165) is 0 Å². The van der Waals surface area contributed by atoms with Gasteiger partial charge in [-0.1, -0.05) is 61.5 Å². The zero-order valence-electron chi connectivity index (χ0n) is 13.0. The van der Waals surface area contributed by atoms with E-state index in [1.165, 1.54) is 28.5 Å². The van der Waals surface area contributed by atoms with Gasteiger partial charge >= 0.3 is 0 Å². The highest BCUT2D eigenvalue weighted by molar-refractivity contribution is 7.95. The van der Waals surface area contributed by atoms with Crippen LogP contribution in [-0.2, 0) is 0 Å². The van der Waals surface area contributed by atoms with Gasteiger partial charge < -0.3 is 0 Å². The first-order chi connectivity index (χ1) is 10.9. The molecule has 0 aromatic heterocycles. The van der Waals surface area contributed by atoms with Gasteiger partial charge in [-0.15, -0.1) is 0 Å². The van der Waals surface area contributed by atoms with E-state index in [1.54, 1.807) is 0 Å². The smallest absolute Gasteiger partial charge is 0.0620 e. The van der Waals surface area contributed by atoms with Crippen LogP contribution in [0.15, 0.2) is 91.0 Å². The van der Waals surface area contributed by atoms with Crippen molar-refractivity contribution in [2.24, 2.45) is 0 Å². The molecular formula is C21H22P+. The van der Waals surface area contributed by atoms with Crippen molar-refractivity contribution < 1.29 is 0 Å². The summed E-state index contributed by atoms with van der Waals surface area (Å²) >= 11 is 0. The Kier molecular flexibility index (Phi) is 4.71. The Morgan fingerprint density at radius 3 is 1.14 bits per heavy atom. The fourth-order valence-electron chi connectivity index (χ4n) is 3.22. The summed E-state index contributed by atoms with van der Waals surface area (Å²) in [4.78, 5) is 0. The maximum atomic E-state index is 2.31. The Bertz CT molecular complexity index is 593. The molecule has 0 amide bonds. The van der Waals surface area contributed by atoms with Crippen molar-refractivity contribution in [3.63, 3.8) is 0 Å². The number of hydrogen-bond donors (Lipinski definition) is 0. The first-order valence-electron chi connectivity index (χ1n) is 7.93. The van der Waals surface area contributed by atoms with Crippen molar-refractivity contribution in [3.05, 3.63) is 91.0 Å². The van der Waals surface area contributed by atoms with E-state index in [-0.39, 0.29) is 0 Å². The van der Waals surface area contributed by atoms with Gasteiger partial charge in [-0.05, 0) is 42.8 Å². The third-order valence-corrected chi connectivity index (χ3v) is 8.81. The quantitative estimate of drug-likeness (QED) is 0.613. The Labute approximate surface area is 134 Å². The molecule has 0 saturated carbocycles. The van der Waals surface area contributed by atoms with Gasteiger partial charge in [-0.2, -0.15) is 0 Å². The fourth-order valence-corrected chi connectivity index (χ4v) is 7.60. The zero-order valence-corrected chi connectivity index (χ0v) is 13.9. The van der Waals surface area contributed by atoms with Crippen molar-refractivity contribution >= 4 is 23.2 Å². The maximum Gasteiger partial charge on any atom is 0.112 e. The Balaban J connectivity index is 2.29. The Hall–Kier alpha value is -1.91. The van der Waals surface area contributed by atoms with Gasteiger partial charge in [0, 0.05) is 0 Å². The molecule has 0 saturated heterocycles. The zero-order chi connectivity index (χ0) is 15.3. The summed E-state index contributed by atoms with van der Waals surface area (Å²) < 4.78 is 0. The molecule has 0 fully saturated rings. The molecular weight excluding hydrogens is 292 g/mol. The van der Waals surface area contributed by atoms with Crippen molar-refractivity contribution in [1.82, 2.24) is 0 Å². The highest BCUT2D eigenvalue weighted by Gasteiger charge is 2.43. The van der Waals surface area contributed by atoms with E-state index in [4.69, 9.17) is 0 Å². The molecule has 0 aliphatic rings. The molecule has 3 aromatic rings. The summed E-state index contributed by atoms with van der Waals surface area (Å²) in [6.07, 6.45) is 2.40. The minimum atomic E-state index is -1.55.